The van der Waals surface area contributed by atoms with Crippen molar-refractivity contribution in [2.24, 2.45) is 0 Å². The fraction of sp³-hybridized carbons (Fsp3) is 0.545. The Morgan fingerprint density at radius 1 is 1.43 bits per heavy atom. The average Bonchev–Trinajstić information content (AvgIpc) is 2.80. The number of nitrogens with zero attached hydrogens (tertiary/aromatic N) is 2. The molecule has 118 valence electrons. The number of hydrogen-bond acceptors (Lipinski definition) is 5. The van der Waals surface area contributed by atoms with Gasteiger partial charge in [-0.3, -0.25) is 14.3 Å². The number of nitrogens with one attached hydrogen (secondary N) is 1. The van der Waals surface area contributed by atoms with Gasteiger partial charge in [-0.15, -0.1) is 0 Å². The van der Waals surface area contributed by atoms with Crippen LogP contribution in [0.1, 0.15) is 6.42 Å². The summed E-state index contributed by atoms with van der Waals surface area (Å²) >= 11 is 0. The molecule has 0 fully saturated rings. The van der Waals surface area contributed by atoms with E-state index >= 15 is 0 Å². The number of aromatic nitrogens is 2. The number of hydrogen-bond donors (Lipinski definition) is 1. The second-order valence-corrected chi connectivity index (χ2v) is 3.97. The molecule has 7 nitrogen and oxygen atoms in total. The van der Waals surface area contributed by atoms with Crippen LogP contribution >= 0.6 is 0 Å². The Hall–Kier alpha value is -2.10. The van der Waals surface area contributed by atoms with E-state index in [9.17, 15) is 22.8 Å². The van der Waals surface area contributed by atoms with Gasteiger partial charge in [-0.25, -0.2) is 0 Å². The third kappa shape index (κ3) is 7.30. The molecule has 0 aliphatic carbocycles. The topological polar surface area (TPSA) is 82.5 Å². The van der Waals surface area contributed by atoms with Crippen molar-refractivity contribution in [3.05, 3.63) is 12.4 Å². The summed E-state index contributed by atoms with van der Waals surface area (Å²) in [4.78, 5) is 22.4. The lowest BCUT2D eigenvalue weighted by Crippen LogP contribution is -2.20. The second-order valence-electron chi connectivity index (χ2n) is 3.97. The fourth-order valence-corrected chi connectivity index (χ4v) is 1.29. The molecule has 0 saturated carbocycles. The summed E-state index contributed by atoms with van der Waals surface area (Å²) in [6, 6.07) is 0. The molecular weight excluding hydrogens is 295 g/mol. The lowest BCUT2D eigenvalue weighted by molar-refractivity contribution is -0.174. The van der Waals surface area contributed by atoms with Crippen molar-refractivity contribution in [2.45, 2.75) is 19.1 Å². The van der Waals surface area contributed by atoms with Crippen LogP contribution in [0.5, 0.6) is 0 Å². The summed E-state index contributed by atoms with van der Waals surface area (Å²) in [5.74, 6) is -1.02. The summed E-state index contributed by atoms with van der Waals surface area (Å²) < 4.78 is 45.4. The van der Waals surface area contributed by atoms with Crippen molar-refractivity contribution in [2.75, 3.05) is 25.6 Å². The number of amides is 1. The lowest BCUT2D eigenvalue weighted by Gasteiger charge is -2.07. The maximum absolute atomic E-state index is 11.8. The molecule has 10 heteroatoms. The molecule has 0 radical (unpaired) electrons. The molecule has 1 aromatic rings. The Morgan fingerprint density at radius 3 is 2.76 bits per heavy atom. The van der Waals surface area contributed by atoms with Crippen LogP contribution in [-0.4, -0.2) is 48.2 Å². The minimum Gasteiger partial charge on any atom is -0.468 e. The van der Waals surface area contributed by atoms with Crippen LogP contribution < -0.4 is 5.32 Å². The van der Waals surface area contributed by atoms with Crippen molar-refractivity contribution in [1.82, 2.24) is 9.78 Å². The van der Waals surface area contributed by atoms with Gasteiger partial charge in [-0.05, 0) is 0 Å². The SMILES string of the molecule is COC(=O)Cn1cc(NC(=O)CCOCC(F)(F)F)cn1. The number of carbonyl (C=O) groups is 2. The smallest absolute Gasteiger partial charge is 0.411 e. The first-order valence-corrected chi connectivity index (χ1v) is 5.84. The van der Waals surface area contributed by atoms with Crippen LogP contribution in [0.25, 0.3) is 0 Å². The third-order valence-corrected chi connectivity index (χ3v) is 2.17. The number of ether oxygens (including phenoxy) is 2. The third-order valence-electron chi connectivity index (χ3n) is 2.17. The minimum absolute atomic E-state index is 0.110. The molecule has 1 rings (SSSR count). The number of rotatable bonds is 7. The van der Waals surface area contributed by atoms with Crippen LogP contribution in [0.4, 0.5) is 18.9 Å². The van der Waals surface area contributed by atoms with E-state index in [4.69, 9.17) is 0 Å². The zero-order valence-corrected chi connectivity index (χ0v) is 11.1. The molecule has 0 aliphatic rings. The normalized spacial score (nSPS) is 11.2. The van der Waals surface area contributed by atoms with Gasteiger partial charge < -0.3 is 14.8 Å². The number of alkyl halides is 3. The molecule has 0 aromatic carbocycles. The number of esters is 1. The highest BCUT2D eigenvalue weighted by Gasteiger charge is 2.27. The van der Waals surface area contributed by atoms with Gasteiger partial charge in [0.1, 0.15) is 13.2 Å². The quantitative estimate of drug-likeness (QED) is 0.599. The van der Waals surface area contributed by atoms with Crippen molar-refractivity contribution < 1.29 is 32.2 Å². The number of anilines is 1. The highest BCUT2D eigenvalue weighted by molar-refractivity contribution is 5.90. The first kappa shape index (κ1) is 17.0. The summed E-state index contributed by atoms with van der Waals surface area (Å²) in [6.07, 6.45) is -1.94. The second kappa shape index (κ2) is 7.62. The molecule has 0 bridgehead atoms. The first-order chi connectivity index (χ1) is 9.80. The number of carbonyl (C=O) groups excluding carboxylic acids is 2. The Kier molecular flexibility index (Phi) is 6.15. The maximum Gasteiger partial charge on any atom is 0.411 e. The average molecular weight is 309 g/mol. The van der Waals surface area contributed by atoms with E-state index in [2.05, 4.69) is 19.9 Å². The van der Waals surface area contributed by atoms with Gasteiger partial charge >= 0.3 is 12.1 Å². The largest absolute Gasteiger partial charge is 0.468 e. The Balaban J connectivity index is 2.30. The predicted octanol–water partition coefficient (Wildman–Crippen LogP) is 0.964. The van der Waals surface area contributed by atoms with E-state index in [1.54, 1.807) is 0 Å². The summed E-state index contributed by atoms with van der Waals surface area (Å²) in [5.41, 5.74) is 0.319. The Bertz CT molecular complexity index is 487. The molecular formula is C11H14F3N3O4. The van der Waals surface area contributed by atoms with Gasteiger partial charge in [0.15, 0.2) is 0 Å². The Labute approximate surface area is 118 Å². The van der Waals surface area contributed by atoms with Crippen molar-refractivity contribution >= 4 is 17.6 Å². The monoisotopic (exact) mass is 309 g/mol. The zero-order chi connectivity index (χ0) is 15.9. The van der Waals surface area contributed by atoms with Crippen molar-refractivity contribution in [1.29, 1.82) is 0 Å². The highest BCUT2D eigenvalue weighted by Crippen LogP contribution is 2.14. The first-order valence-electron chi connectivity index (χ1n) is 5.84. The van der Waals surface area contributed by atoms with E-state index in [-0.39, 0.29) is 19.6 Å². The van der Waals surface area contributed by atoms with Crippen LogP contribution in [0, 0.1) is 0 Å². The summed E-state index contributed by atoms with van der Waals surface area (Å²) in [6.45, 7) is -1.85. The summed E-state index contributed by atoms with van der Waals surface area (Å²) in [5, 5.41) is 6.22. The van der Waals surface area contributed by atoms with Gasteiger partial charge in [-0.2, -0.15) is 18.3 Å². The molecule has 1 amide bonds. The van der Waals surface area contributed by atoms with Gasteiger partial charge in [0.05, 0.1) is 32.0 Å². The molecule has 0 saturated heterocycles. The Morgan fingerprint density at radius 2 is 2.14 bits per heavy atom. The predicted molar refractivity (Wildman–Crippen MR) is 64.4 cm³/mol. The fourth-order valence-electron chi connectivity index (χ4n) is 1.29. The van der Waals surface area contributed by atoms with Crippen molar-refractivity contribution in [3.63, 3.8) is 0 Å². The van der Waals surface area contributed by atoms with Gasteiger partial charge in [-0.1, -0.05) is 0 Å². The molecule has 1 N–H and O–H groups in total. The van der Waals surface area contributed by atoms with Gasteiger partial charge in [0.25, 0.3) is 0 Å². The van der Waals surface area contributed by atoms with Crippen LogP contribution in [-0.2, 0) is 25.6 Å². The molecule has 0 aliphatic heterocycles. The highest BCUT2D eigenvalue weighted by atomic mass is 19.4. The molecule has 1 aromatic heterocycles. The maximum atomic E-state index is 11.8. The minimum atomic E-state index is -4.41. The molecule has 1 heterocycles. The van der Waals surface area contributed by atoms with E-state index < -0.39 is 24.7 Å². The molecule has 0 spiro atoms. The molecule has 0 unspecified atom stereocenters. The number of halogens is 3. The van der Waals surface area contributed by atoms with E-state index in [1.807, 2.05) is 0 Å². The van der Waals surface area contributed by atoms with Crippen LogP contribution in [0.15, 0.2) is 12.4 Å². The lowest BCUT2D eigenvalue weighted by atomic mass is 10.4. The van der Waals surface area contributed by atoms with E-state index in [1.165, 1.54) is 24.2 Å². The van der Waals surface area contributed by atoms with Gasteiger partial charge in [0.2, 0.25) is 5.91 Å². The van der Waals surface area contributed by atoms with E-state index in [0.717, 1.165) is 0 Å². The molecule has 0 atom stereocenters. The summed E-state index contributed by atoms with van der Waals surface area (Å²) in [7, 11) is 1.23. The molecule has 21 heavy (non-hydrogen) atoms. The zero-order valence-electron chi connectivity index (χ0n) is 11.1. The van der Waals surface area contributed by atoms with E-state index in [0.29, 0.717) is 5.69 Å². The number of methoxy groups -OCH3 is 1. The van der Waals surface area contributed by atoms with Crippen molar-refractivity contribution in [3.8, 4) is 0 Å². The van der Waals surface area contributed by atoms with Crippen LogP contribution in [0.2, 0.25) is 0 Å². The van der Waals surface area contributed by atoms with Crippen LogP contribution in [0.3, 0.4) is 0 Å². The standard InChI is InChI=1S/C11H14F3N3O4/c1-20-10(19)6-17-5-8(4-15-17)16-9(18)2-3-21-7-11(12,13)14/h4-5H,2-3,6-7H2,1H3,(H,16,18). The van der Waals surface area contributed by atoms with Gasteiger partial charge in [0, 0.05) is 6.20 Å².